The molecule has 0 bridgehead atoms. The third-order valence-electron chi connectivity index (χ3n) is 4.15. The Bertz CT molecular complexity index is 844. The second kappa shape index (κ2) is 6.07. The lowest BCUT2D eigenvalue weighted by Gasteiger charge is -2.18. The van der Waals surface area contributed by atoms with Gasteiger partial charge in [-0.2, -0.15) is 0 Å². The van der Waals surface area contributed by atoms with Crippen LogP contribution in [0.1, 0.15) is 24.6 Å². The van der Waals surface area contributed by atoms with Gasteiger partial charge in [-0.25, -0.2) is 9.37 Å². The van der Waals surface area contributed by atoms with Gasteiger partial charge in [0.25, 0.3) is 0 Å². The summed E-state index contributed by atoms with van der Waals surface area (Å²) in [6.07, 6.45) is 6.05. The Labute approximate surface area is 138 Å². The van der Waals surface area contributed by atoms with E-state index in [0.717, 1.165) is 17.3 Å². The monoisotopic (exact) mass is 327 g/mol. The number of benzene rings is 1. The number of hydrogen-bond donors (Lipinski definition) is 0. The molecule has 1 aliphatic rings. The van der Waals surface area contributed by atoms with Gasteiger partial charge in [-0.15, -0.1) is 10.2 Å². The van der Waals surface area contributed by atoms with Crippen molar-refractivity contribution in [3.05, 3.63) is 48.3 Å². The van der Waals surface area contributed by atoms with Crippen LogP contribution in [-0.2, 0) is 0 Å². The van der Waals surface area contributed by atoms with E-state index in [2.05, 4.69) is 15.2 Å². The Morgan fingerprint density at radius 1 is 1.25 bits per heavy atom. The van der Waals surface area contributed by atoms with Gasteiger partial charge in [-0.05, 0) is 37.1 Å². The van der Waals surface area contributed by atoms with Crippen molar-refractivity contribution in [2.75, 3.05) is 25.1 Å². The first-order valence-corrected chi connectivity index (χ1v) is 8.01. The highest BCUT2D eigenvalue weighted by atomic mass is 19.1. The lowest BCUT2D eigenvalue weighted by molar-refractivity contribution is 0.325. The molecule has 6 nitrogen and oxygen atoms in total. The fraction of sp³-hybridized carbons (Fsp3) is 0.353. The molecule has 0 aliphatic heterocycles. The summed E-state index contributed by atoms with van der Waals surface area (Å²) in [6, 6.07) is 6.01. The van der Waals surface area contributed by atoms with E-state index >= 15 is 0 Å². The maximum absolute atomic E-state index is 12.9. The highest BCUT2D eigenvalue weighted by Gasteiger charge is 2.29. The fourth-order valence-electron chi connectivity index (χ4n) is 2.66. The molecule has 1 aromatic carbocycles. The number of anilines is 1. The lowest BCUT2D eigenvalue weighted by Crippen LogP contribution is -2.25. The van der Waals surface area contributed by atoms with Gasteiger partial charge in [-0.1, -0.05) is 0 Å². The van der Waals surface area contributed by atoms with Crippen LogP contribution >= 0.6 is 0 Å². The average molecular weight is 327 g/mol. The van der Waals surface area contributed by atoms with E-state index in [4.69, 9.17) is 4.74 Å². The summed E-state index contributed by atoms with van der Waals surface area (Å²) in [5.41, 5.74) is 0.767. The van der Waals surface area contributed by atoms with Crippen LogP contribution in [0.3, 0.4) is 0 Å². The zero-order chi connectivity index (χ0) is 16.5. The van der Waals surface area contributed by atoms with Crippen molar-refractivity contribution in [3.8, 4) is 5.75 Å². The van der Waals surface area contributed by atoms with Crippen molar-refractivity contribution in [1.29, 1.82) is 0 Å². The zero-order valence-corrected chi connectivity index (χ0v) is 13.4. The average Bonchev–Trinajstić information content (AvgIpc) is 3.35. The van der Waals surface area contributed by atoms with Gasteiger partial charge in [0.1, 0.15) is 24.0 Å². The molecule has 1 aliphatic carbocycles. The van der Waals surface area contributed by atoms with Crippen LogP contribution in [-0.4, -0.2) is 39.8 Å². The SMILES string of the molecule is CN(CCOc1ccc(F)cc1)c1nccn2c(C3CC3)nnc12. The second-order valence-electron chi connectivity index (χ2n) is 6.00. The number of aromatic nitrogens is 4. The van der Waals surface area contributed by atoms with Crippen LogP contribution < -0.4 is 9.64 Å². The van der Waals surface area contributed by atoms with Crippen molar-refractivity contribution in [1.82, 2.24) is 19.6 Å². The molecule has 124 valence electrons. The summed E-state index contributed by atoms with van der Waals surface area (Å²) in [5.74, 6) is 2.70. The first-order valence-electron chi connectivity index (χ1n) is 8.01. The Kier molecular flexibility index (Phi) is 3.76. The van der Waals surface area contributed by atoms with E-state index in [1.807, 2.05) is 22.5 Å². The summed E-state index contributed by atoms with van der Waals surface area (Å²) >= 11 is 0. The molecule has 2 aromatic heterocycles. The number of fused-ring (bicyclic) bond motifs is 1. The fourth-order valence-corrected chi connectivity index (χ4v) is 2.66. The number of ether oxygens (including phenoxy) is 1. The van der Waals surface area contributed by atoms with Gasteiger partial charge in [0.15, 0.2) is 5.82 Å². The summed E-state index contributed by atoms with van der Waals surface area (Å²) < 4.78 is 20.5. The molecule has 4 rings (SSSR count). The first kappa shape index (κ1) is 14.9. The second-order valence-corrected chi connectivity index (χ2v) is 6.00. The molecule has 0 radical (unpaired) electrons. The van der Waals surface area contributed by atoms with E-state index in [1.54, 1.807) is 18.3 Å². The first-order chi connectivity index (χ1) is 11.7. The Hall–Kier alpha value is -2.70. The molecule has 2 heterocycles. The number of nitrogens with zero attached hydrogens (tertiary/aromatic N) is 5. The van der Waals surface area contributed by atoms with Crippen molar-refractivity contribution in [2.24, 2.45) is 0 Å². The molecule has 0 spiro atoms. The van der Waals surface area contributed by atoms with Gasteiger partial charge in [0.2, 0.25) is 5.65 Å². The van der Waals surface area contributed by atoms with Crippen molar-refractivity contribution < 1.29 is 9.13 Å². The predicted octanol–water partition coefficient (Wildman–Crippen LogP) is 2.66. The summed E-state index contributed by atoms with van der Waals surface area (Å²) in [6.45, 7) is 1.10. The standard InChI is InChI=1S/C17H18FN5O/c1-22(10-11-24-14-6-4-13(18)5-7-14)16-17-21-20-15(12-2-3-12)23(17)9-8-19-16/h4-9,12H,2-3,10-11H2,1H3. The van der Waals surface area contributed by atoms with Crippen LogP contribution in [0.25, 0.3) is 5.65 Å². The van der Waals surface area contributed by atoms with Gasteiger partial charge in [0, 0.05) is 25.4 Å². The van der Waals surface area contributed by atoms with Crippen molar-refractivity contribution in [3.63, 3.8) is 0 Å². The molecule has 0 N–H and O–H groups in total. The Balaban J connectivity index is 1.45. The van der Waals surface area contributed by atoms with Gasteiger partial charge in [-0.3, -0.25) is 4.40 Å². The predicted molar refractivity (Wildman–Crippen MR) is 87.9 cm³/mol. The molecule has 3 aromatic rings. The quantitative estimate of drug-likeness (QED) is 0.697. The Morgan fingerprint density at radius 2 is 2.04 bits per heavy atom. The summed E-state index contributed by atoms with van der Waals surface area (Å²) in [5, 5.41) is 8.62. The highest BCUT2D eigenvalue weighted by molar-refractivity contribution is 5.63. The number of halogens is 1. The lowest BCUT2D eigenvalue weighted by atomic mass is 10.3. The minimum absolute atomic E-state index is 0.270. The van der Waals surface area contributed by atoms with Crippen LogP contribution in [0, 0.1) is 5.82 Å². The number of hydrogen-bond acceptors (Lipinski definition) is 5. The molecular weight excluding hydrogens is 309 g/mol. The van der Waals surface area contributed by atoms with Gasteiger partial charge < -0.3 is 9.64 Å². The largest absolute Gasteiger partial charge is 0.492 e. The smallest absolute Gasteiger partial charge is 0.203 e. The minimum Gasteiger partial charge on any atom is -0.492 e. The maximum Gasteiger partial charge on any atom is 0.203 e. The summed E-state index contributed by atoms with van der Waals surface area (Å²) in [7, 11) is 1.95. The highest BCUT2D eigenvalue weighted by Crippen LogP contribution is 2.39. The van der Waals surface area contributed by atoms with E-state index in [0.29, 0.717) is 24.8 Å². The molecule has 0 unspecified atom stereocenters. The molecule has 0 amide bonds. The maximum atomic E-state index is 12.9. The minimum atomic E-state index is -0.270. The van der Waals surface area contributed by atoms with Crippen LogP contribution in [0.5, 0.6) is 5.75 Å². The van der Waals surface area contributed by atoms with E-state index in [-0.39, 0.29) is 5.82 Å². The van der Waals surface area contributed by atoms with Crippen molar-refractivity contribution >= 4 is 11.5 Å². The zero-order valence-electron chi connectivity index (χ0n) is 13.4. The van der Waals surface area contributed by atoms with E-state index in [1.165, 1.54) is 25.0 Å². The normalized spacial score (nSPS) is 14.1. The molecule has 7 heteroatoms. The molecule has 24 heavy (non-hydrogen) atoms. The van der Waals surface area contributed by atoms with Crippen LogP contribution in [0.15, 0.2) is 36.7 Å². The Morgan fingerprint density at radius 3 is 2.79 bits per heavy atom. The van der Waals surface area contributed by atoms with Crippen LogP contribution in [0.2, 0.25) is 0 Å². The van der Waals surface area contributed by atoms with E-state index in [9.17, 15) is 4.39 Å². The molecule has 0 saturated heterocycles. The number of rotatable bonds is 6. The summed E-state index contributed by atoms with van der Waals surface area (Å²) in [4.78, 5) is 6.42. The molecular formula is C17H18FN5O. The topological polar surface area (TPSA) is 55.5 Å². The van der Waals surface area contributed by atoms with E-state index < -0.39 is 0 Å². The van der Waals surface area contributed by atoms with Gasteiger partial charge >= 0.3 is 0 Å². The van der Waals surface area contributed by atoms with Crippen LogP contribution in [0.4, 0.5) is 10.2 Å². The third kappa shape index (κ3) is 2.89. The molecule has 1 saturated carbocycles. The van der Waals surface area contributed by atoms with Gasteiger partial charge in [0.05, 0.1) is 6.54 Å². The molecule has 0 atom stereocenters. The molecule has 1 fully saturated rings. The number of likely N-dealkylation sites (N-methyl/N-ethyl adjacent to an activating group) is 1. The third-order valence-corrected chi connectivity index (χ3v) is 4.15. The van der Waals surface area contributed by atoms with Crippen molar-refractivity contribution in [2.45, 2.75) is 18.8 Å².